The summed E-state index contributed by atoms with van der Waals surface area (Å²) in [5.74, 6) is 0.745. The van der Waals surface area contributed by atoms with Crippen molar-refractivity contribution in [1.82, 2.24) is 19.5 Å². The maximum atomic E-state index is 13.2. The average Bonchev–Trinajstić information content (AvgIpc) is 3.78. The SMILES string of the molecule is [C-]#[N+]CCOP(OC1C[C@H](n2cc(/C=C/C(=O)NCCOc3c(N=Nc4cc(OC)c(N=Nc5ccc([N+](=O)[O-])cc5)cc4OC)cc4c5c3CCCN5CCC4)c(=O)[nH]c2=O)O[C@@H]1CC)N(C(C)C)C(C)C. The van der Waals surface area contributed by atoms with E-state index in [0.717, 1.165) is 55.6 Å². The van der Waals surface area contributed by atoms with Crippen LogP contribution in [0.15, 0.2) is 84.8 Å². The van der Waals surface area contributed by atoms with E-state index in [2.05, 4.69) is 67.8 Å². The minimum absolute atomic E-state index is 0.0628. The molecule has 3 aromatic carbocycles. The van der Waals surface area contributed by atoms with E-state index >= 15 is 0 Å². The number of benzene rings is 3. The lowest BCUT2D eigenvalue weighted by atomic mass is 9.90. The molecule has 1 saturated heterocycles. The number of carbonyl (C=O) groups is 1. The lowest BCUT2D eigenvalue weighted by Gasteiger charge is -2.37. The molecule has 1 amide bonds. The number of amides is 1. The number of azo groups is 2. The van der Waals surface area contributed by atoms with E-state index in [0.29, 0.717) is 52.8 Å². The highest BCUT2D eigenvalue weighted by molar-refractivity contribution is 7.44. The Kier molecular flexibility index (Phi) is 18.6. The maximum Gasteiger partial charge on any atom is 0.330 e. The molecule has 0 bridgehead atoms. The summed E-state index contributed by atoms with van der Waals surface area (Å²) in [4.78, 5) is 58.1. The van der Waals surface area contributed by atoms with Crippen molar-refractivity contribution in [1.29, 1.82) is 0 Å². The summed E-state index contributed by atoms with van der Waals surface area (Å²) in [6.07, 6.45) is 6.83. The number of non-ortho nitro benzene ring substituents is 1. The molecule has 3 aliphatic heterocycles. The van der Waals surface area contributed by atoms with Crippen LogP contribution in [-0.2, 0) is 31.4 Å². The lowest BCUT2D eigenvalue weighted by molar-refractivity contribution is -0.384. The van der Waals surface area contributed by atoms with Gasteiger partial charge in [0, 0.05) is 79.4 Å². The second-order valence-corrected chi connectivity index (χ2v) is 19.3. The van der Waals surface area contributed by atoms with Gasteiger partial charge in [-0.05, 0) is 89.6 Å². The highest BCUT2D eigenvalue weighted by Gasteiger charge is 2.41. The molecule has 0 saturated carbocycles. The molecule has 7 rings (SSSR count). The van der Waals surface area contributed by atoms with E-state index in [1.807, 2.05) is 13.0 Å². The van der Waals surface area contributed by atoms with Crippen LogP contribution in [0.25, 0.3) is 10.9 Å². The normalized spacial score (nSPS) is 18.0. The van der Waals surface area contributed by atoms with Crippen LogP contribution in [-0.4, -0.2) is 103 Å². The number of nitrogens with zero attached hydrogens (tertiary/aromatic N) is 9. The third-order valence-electron chi connectivity index (χ3n) is 12.4. The number of H-pyrrole nitrogens is 1. The molecule has 2 unspecified atom stereocenters. The number of nitro groups is 1. The average molecular weight is 1020 g/mol. The highest BCUT2D eigenvalue weighted by Crippen LogP contribution is 2.51. The maximum absolute atomic E-state index is 13.2. The largest absolute Gasteiger partial charge is 0.494 e. The molecule has 4 atom stereocenters. The Morgan fingerprint density at radius 1 is 1.00 bits per heavy atom. The topological polar surface area (TPSA) is 243 Å². The van der Waals surface area contributed by atoms with Gasteiger partial charge in [0.15, 0.2) is 5.75 Å². The van der Waals surface area contributed by atoms with Crippen molar-refractivity contribution in [2.24, 2.45) is 20.5 Å². The van der Waals surface area contributed by atoms with Crippen molar-refractivity contribution in [3.8, 4) is 17.2 Å². The van der Waals surface area contributed by atoms with Gasteiger partial charge in [-0.2, -0.15) is 5.11 Å². The molecule has 1 aromatic heterocycles. The van der Waals surface area contributed by atoms with Gasteiger partial charge in [-0.15, -0.1) is 15.3 Å². The zero-order valence-electron chi connectivity index (χ0n) is 42.1. The first-order chi connectivity index (χ1) is 35.2. The van der Waals surface area contributed by atoms with Crippen molar-refractivity contribution >= 4 is 54.6 Å². The number of aryl methyl sites for hydroxylation is 1. The van der Waals surface area contributed by atoms with Crippen LogP contribution in [0.4, 0.5) is 34.1 Å². The Balaban J connectivity index is 1.04. The second kappa shape index (κ2) is 25.2. The van der Waals surface area contributed by atoms with Crippen molar-refractivity contribution < 1.29 is 37.7 Å². The van der Waals surface area contributed by atoms with Gasteiger partial charge in [-0.1, -0.05) is 6.92 Å². The van der Waals surface area contributed by atoms with Gasteiger partial charge in [0.2, 0.25) is 12.5 Å². The molecule has 4 aromatic rings. The van der Waals surface area contributed by atoms with Crippen LogP contribution in [0.3, 0.4) is 0 Å². The summed E-state index contributed by atoms with van der Waals surface area (Å²) in [5.41, 5.74) is 3.61. The number of hydrogen-bond donors (Lipinski definition) is 2. The molecule has 0 spiro atoms. The summed E-state index contributed by atoms with van der Waals surface area (Å²) < 4.78 is 40.3. The molecule has 2 N–H and O–H groups in total. The minimum Gasteiger partial charge on any atom is -0.494 e. The summed E-state index contributed by atoms with van der Waals surface area (Å²) in [7, 11) is 1.41. The Bertz CT molecular complexity index is 2850. The Labute approximate surface area is 424 Å². The number of rotatable bonds is 23. The molecule has 23 heteroatoms. The molecule has 0 aliphatic carbocycles. The van der Waals surface area contributed by atoms with Gasteiger partial charge < -0.3 is 43.1 Å². The van der Waals surface area contributed by atoms with Gasteiger partial charge in [0.05, 0.1) is 49.1 Å². The van der Waals surface area contributed by atoms with Gasteiger partial charge >= 0.3 is 5.69 Å². The van der Waals surface area contributed by atoms with Crippen LogP contribution in [0.2, 0.25) is 0 Å². The number of ether oxygens (including phenoxy) is 4. The molecule has 4 heterocycles. The number of carbonyl (C=O) groups excluding carboxylic acids is 1. The number of aromatic nitrogens is 2. The molecule has 3 aliphatic rings. The predicted molar refractivity (Wildman–Crippen MR) is 275 cm³/mol. The van der Waals surface area contributed by atoms with E-state index in [9.17, 15) is 24.5 Å². The number of methoxy groups -OCH3 is 2. The standard InChI is InChI=1S/C50H62N11O11P/c1-9-41-44(72-73(70-25-20-51-6)60(31(2)3)32(4)5)29-46(71-41)59-30-34(49(63)53-50(59)64)14-19-45(62)52-21-24-69-48-37-13-11-23-58-22-10-12-33(47(37)58)26-40(48)57-56-39-28-42(67-7)38(27-43(39)68-8)55-54-35-15-17-36(18-16-35)61(65)66/h14-19,26-28,30-32,41,44,46H,9-13,20-25,29H2,1-5,7-8H3,(H,52,62)(H,53,63,64)/b19-14+,55-54?,57-56?/t41-,44?,46-,73?/m1/s1. The predicted octanol–water partition coefficient (Wildman–Crippen LogP) is 9.56. The van der Waals surface area contributed by atoms with Crippen LogP contribution < -0.4 is 35.7 Å². The Morgan fingerprint density at radius 2 is 1.67 bits per heavy atom. The van der Waals surface area contributed by atoms with Gasteiger partial charge in [0.1, 0.15) is 48.0 Å². The minimum atomic E-state index is -1.56. The molecule has 388 valence electrons. The molecular weight excluding hydrogens is 962 g/mol. The fourth-order valence-electron chi connectivity index (χ4n) is 9.07. The van der Waals surface area contributed by atoms with Crippen molar-refractivity contribution in [2.75, 3.05) is 58.5 Å². The second-order valence-electron chi connectivity index (χ2n) is 17.9. The quantitative estimate of drug-likeness (QED) is 0.0134. The summed E-state index contributed by atoms with van der Waals surface area (Å²) in [5, 5.41) is 31.7. The smallest absolute Gasteiger partial charge is 0.330 e. The third-order valence-corrected chi connectivity index (χ3v) is 14.5. The van der Waals surface area contributed by atoms with E-state index < -0.39 is 42.9 Å². The number of aromatic amines is 1. The number of anilines is 1. The zero-order valence-corrected chi connectivity index (χ0v) is 43.0. The fourth-order valence-corrected chi connectivity index (χ4v) is 10.8. The van der Waals surface area contributed by atoms with E-state index in [-0.39, 0.29) is 55.7 Å². The summed E-state index contributed by atoms with van der Waals surface area (Å²) in [6.45, 7) is 19.9. The van der Waals surface area contributed by atoms with E-state index in [1.54, 1.807) is 12.1 Å². The van der Waals surface area contributed by atoms with Crippen LogP contribution in [0.5, 0.6) is 17.2 Å². The summed E-state index contributed by atoms with van der Waals surface area (Å²) in [6, 6.07) is 11.1. The molecule has 22 nitrogen and oxygen atoms in total. The van der Waals surface area contributed by atoms with Crippen molar-refractivity contribution in [3.05, 3.63) is 114 Å². The zero-order chi connectivity index (χ0) is 52.2. The Morgan fingerprint density at radius 3 is 2.32 bits per heavy atom. The first-order valence-corrected chi connectivity index (χ1v) is 25.4. The number of nitrogens with one attached hydrogen (secondary N) is 2. The molecular formula is C50H62N11O11P. The Hall–Kier alpha value is -6.89. The van der Waals surface area contributed by atoms with E-state index in [1.165, 1.54) is 61.4 Å². The highest BCUT2D eigenvalue weighted by atomic mass is 31.2. The van der Waals surface area contributed by atoms with Crippen molar-refractivity contribution in [2.45, 2.75) is 104 Å². The first kappa shape index (κ1) is 53.9. The number of nitro benzene ring substituents is 1. The monoisotopic (exact) mass is 1020 g/mol. The molecule has 1 fully saturated rings. The van der Waals surface area contributed by atoms with Gasteiger partial charge in [0.25, 0.3) is 19.8 Å². The van der Waals surface area contributed by atoms with Crippen LogP contribution in [0, 0.1) is 16.7 Å². The van der Waals surface area contributed by atoms with Gasteiger partial charge in [-0.25, -0.2) is 16.0 Å². The summed E-state index contributed by atoms with van der Waals surface area (Å²) >= 11 is 0. The van der Waals surface area contributed by atoms with E-state index in [4.69, 9.17) is 39.7 Å². The fraction of sp³-hybridized carbons (Fsp3) is 0.480. The van der Waals surface area contributed by atoms with Crippen molar-refractivity contribution in [3.63, 3.8) is 0 Å². The first-order valence-electron chi connectivity index (χ1n) is 24.3. The van der Waals surface area contributed by atoms with Crippen LogP contribution in [0.1, 0.15) is 83.2 Å². The van der Waals surface area contributed by atoms with Crippen LogP contribution >= 0.6 is 8.53 Å². The van der Waals surface area contributed by atoms with Gasteiger partial charge in [-0.3, -0.25) is 29.3 Å². The molecule has 0 radical (unpaired) electrons. The number of hydrogen-bond acceptors (Lipinski definition) is 17. The third kappa shape index (κ3) is 13.2. The lowest BCUT2D eigenvalue weighted by Crippen LogP contribution is -2.36. The molecule has 73 heavy (non-hydrogen) atoms.